The summed E-state index contributed by atoms with van der Waals surface area (Å²) in [6.07, 6.45) is 4.44. The van der Waals surface area contributed by atoms with Gasteiger partial charge >= 0.3 is 0 Å². The number of aliphatic hydroxyl groups is 1. The quantitative estimate of drug-likeness (QED) is 0.535. The summed E-state index contributed by atoms with van der Waals surface area (Å²) in [5, 5.41) is 14.2. The molecule has 1 aromatic carbocycles. The Balaban J connectivity index is 1.96. The molecule has 4 nitrogen and oxygen atoms in total. The molecular formula is C14H19N3OS. The van der Waals surface area contributed by atoms with Crippen LogP contribution in [-0.4, -0.2) is 34.7 Å². The number of benzene rings is 1. The fraction of sp³-hybridized carbons (Fsp3) is 0.357. The molecule has 0 unspecified atom stereocenters. The van der Waals surface area contributed by atoms with E-state index in [1.54, 1.807) is 12.4 Å². The molecule has 1 heterocycles. The maximum absolute atomic E-state index is 8.70. The molecule has 0 saturated heterocycles. The number of pyridine rings is 1. The van der Waals surface area contributed by atoms with Crippen molar-refractivity contribution in [2.75, 3.05) is 35.7 Å². The van der Waals surface area contributed by atoms with Crippen LogP contribution in [0.2, 0.25) is 0 Å². The number of aliphatic hydroxyl groups excluding tert-OH is 1. The van der Waals surface area contributed by atoms with Gasteiger partial charge in [-0.15, -0.1) is 0 Å². The summed E-state index contributed by atoms with van der Waals surface area (Å²) in [6, 6.07) is 5.90. The van der Waals surface area contributed by atoms with E-state index in [9.17, 15) is 0 Å². The third-order valence-corrected chi connectivity index (χ3v) is 3.93. The number of fused-ring (bicyclic) bond motifs is 1. The molecule has 1 aromatic heterocycles. The predicted octanol–water partition coefficient (Wildman–Crippen LogP) is 2.34. The molecule has 0 aliphatic carbocycles. The van der Waals surface area contributed by atoms with Crippen molar-refractivity contribution in [3.63, 3.8) is 0 Å². The Morgan fingerprint density at radius 1 is 1.21 bits per heavy atom. The molecule has 0 atom stereocenters. The van der Waals surface area contributed by atoms with Crippen molar-refractivity contribution in [1.29, 1.82) is 0 Å². The molecule has 19 heavy (non-hydrogen) atoms. The monoisotopic (exact) mass is 277 g/mol. The van der Waals surface area contributed by atoms with Crippen LogP contribution in [0.1, 0.15) is 6.42 Å². The number of nitrogens with two attached hydrogens (primary N) is 1. The van der Waals surface area contributed by atoms with Gasteiger partial charge < -0.3 is 16.2 Å². The molecule has 0 aliphatic heterocycles. The van der Waals surface area contributed by atoms with Crippen molar-refractivity contribution >= 4 is 33.9 Å². The largest absolute Gasteiger partial charge is 0.398 e. The van der Waals surface area contributed by atoms with Crippen molar-refractivity contribution in [3.05, 3.63) is 30.6 Å². The van der Waals surface area contributed by atoms with Gasteiger partial charge in [0, 0.05) is 53.4 Å². The van der Waals surface area contributed by atoms with Crippen LogP contribution in [0.3, 0.4) is 0 Å². The summed E-state index contributed by atoms with van der Waals surface area (Å²) in [7, 11) is 0. The van der Waals surface area contributed by atoms with Crippen molar-refractivity contribution in [2.24, 2.45) is 0 Å². The van der Waals surface area contributed by atoms with Crippen molar-refractivity contribution in [1.82, 2.24) is 4.98 Å². The van der Waals surface area contributed by atoms with E-state index in [0.29, 0.717) is 0 Å². The first kappa shape index (κ1) is 14.0. The predicted molar refractivity (Wildman–Crippen MR) is 83.7 cm³/mol. The van der Waals surface area contributed by atoms with E-state index in [2.05, 4.69) is 10.3 Å². The number of nitrogen functional groups attached to an aromatic ring is 1. The number of hydrogen-bond acceptors (Lipinski definition) is 5. The average Bonchev–Trinajstić information content (AvgIpc) is 2.45. The number of thioether (sulfide) groups is 1. The Hall–Kier alpha value is -1.46. The Labute approximate surface area is 117 Å². The molecule has 2 aromatic rings. The highest BCUT2D eigenvalue weighted by Crippen LogP contribution is 2.27. The lowest BCUT2D eigenvalue weighted by Crippen LogP contribution is -2.05. The van der Waals surface area contributed by atoms with E-state index in [1.165, 1.54) is 0 Å². The molecule has 0 fully saturated rings. The van der Waals surface area contributed by atoms with Crippen LogP contribution in [0.4, 0.5) is 11.4 Å². The number of anilines is 2. The molecule has 0 spiro atoms. The zero-order chi connectivity index (χ0) is 13.5. The molecule has 0 amide bonds. The first-order valence-corrected chi connectivity index (χ1v) is 7.53. The van der Waals surface area contributed by atoms with E-state index in [-0.39, 0.29) is 6.61 Å². The van der Waals surface area contributed by atoms with E-state index in [0.717, 1.165) is 46.6 Å². The Kier molecular flexibility index (Phi) is 5.30. The fourth-order valence-corrected chi connectivity index (χ4v) is 2.68. The number of nitrogens with zero attached hydrogens (tertiary/aromatic N) is 1. The normalized spacial score (nSPS) is 10.8. The summed E-state index contributed by atoms with van der Waals surface area (Å²) >= 11 is 1.85. The Morgan fingerprint density at radius 2 is 2.11 bits per heavy atom. The van der Waals surface area contributed by atoms with Gasteiger partial charge in [0.1, 0.15) is 0 Å². The summed E-state index contributed by atoms with van der Waals surface area (Å²) in [4.78, 5) is 4.11. The van der Waals surface area contributed by atoms with Gasteiger partial charge in [-0.05, 0) is 30.4 Å². The van der Waals surface area contributed by atoms with Gasteiger partial charge in [0.25, 0.3) is 0 Å². The molecule has 0 saturated carbocycles. The summed E-state index contributed by atoms with van der Waals surface area (Å²) < 4.78 is 0. The number of nitrogens with one attached hydrogen (secondary N) is 1. The van der Waals surface area contributed by atoms with E-state index in [4.69, 9.17) is 10.8 Å². The third-order valence-electron chi connectivity index (χ3n) is 2.86. The molecule has 102 valence electrons. The van der Waals surface area contributed by atoms with Crippen molar-refractivity contribution in [3.8, 4) is 0 Å². The minimum atomic E-state index is 0.274. The van der Waals surface area contributed by atoms with Gasteiger partial charge in [-0.2, -0.15) is 11.8 Å². The topological polar surface area (TPSA) is 71.2 Å². The van der Waals surface area contributed by atoms with Crippen LogP contribution in [-0.2, 0) is 0 Å². The number of rotatable bonds is 7. The molecule has 5 heteroatoms. The molecule has 0 radical (unpaired) electrons. The second-order valence-corrected chi connectivity index (χ2v) is 5.46. The number of aromatic nitrogens is 1. The van der Waals surface area contributed by atoms with Crippen LogP contribution in [0, 0.1) is 0 Å². The first-order valence-electron chi connectivity index (χ1n) is 6.37. The van der Waals surface area contributed by atoms with Crippen LogP contribution in [0.25, 0.3) is 10.8 Å². The second-order valence-electron chi connectivity index (χ2n) is 4.24. The summed E-state index contributed by atoms with van der Waals surface area (Å²) in [6.45, 7) is 1.17. The second kappa shape index (κ2) is 7.21. The lowest BCUT2D eigenvalue weighted by Gasteiger charge is -2.10. The minimum Gasteiger partial charge on any atom is -0.398 e. The van der Waals surface area contributed by atoms with Crippen LogP contribution in [0.5, 0.6) is 0 Å². The fourth-order valence-electron chi connectivity index (χ4n) is 1.89. The van der Waals surface area contributed by atoms with Gasteiger partial charge in [-0.3, -0.25) is 4.98 Å². The highest BCUT2D eigenvalue weighted by atomic mass is 32.2. The van der Waals surface area contributed by atoms with Gasteiger partial charge in [-0.1, -0.05) is 0 Å². The SMILES string of the molecule is Nc1ccc(NCCSCCCO)c2ccncc12. The highest BCUT2D eigenvalue weighted by molar-refractivity contribution is 7.99. The van der Waals surface area contributed by atoms with Crippen LogP contribution in [0.15, 0.2) is 30.6 Å². The average molecular weight is 277 g/mol. The van der Waals surface area contributed by atoms with Crippen molar-refractivity contribution in [2.45, 2.75) is 6.42 Å². The summed E-state index contributed by atoms with van der Waals surface area (Å²) in [5.41, 5.74) is 7.79. The van der Waals surface area contributed by atoms with E-state index < -0.39 is 0 Å². The molecule has 4 N–H and O–H groups in total. The van der Waals surface area contributed by atoms with Gasteiger partial charge in [-0.25, -0.2) is 0 Å². The van der Waals surface area contributed by atoms with E-state index >= 15 is 0 Å². The van der Waals surface area contributed by atoms with Gasteiger partial charge in [0.15, 0.2) is 0 Å². The Morgan fingerprint density at radius 3 is 2.95 bits per heavy atom. The minimum absolute atomic E-state index is 0.274. The third kappa shape index (κ3) is 3.75. The molecule has 0 bridgehead atoms. The van der Waals surface area contributed by atoms with Crippen LogP contribution >= 0.6 is 11.8 Å². The Bertz CT molecular complexity index is 533. The standard InChI is InChI=1S/C14H19N3OS/c15-13-2-3-14(11-4-5-16-10-12(11)13)17-6-9-19-8-1-7-18/h2-5,10,17-18H,1,6-9,15H2. The lowest BCUT2D eigenvalue weighted by molar-refractivity contribution is 0.296. The highest BCUT2D eigenvalue weighted by Gasteiger charge is 2.03. The number of hydrogen-bond donors (Lipinski definition) is 3. The van der Waals surface area contributed by atoms with Crippen molar-refractivity contribution < 1.29 is 5.11 Å². The van der Waals surface area contributed by atoms with Crippen LogP contribution < -0.4 is 11.1 Å². The van der Waals surface area contributed by atoms with Gasteiger partial charge in [0.05, 0.1) is 0 Å². The van der Waals surface area contributed by atoms with E-state index in [1.807, 2.05) is 30.0 Å². The molecule has 0 aliphatic rings. The summed E-state index contributed by atoms with van der Waals surface area (Å²) in [5.74, 6) is 2.03. The smallest absolute Gasteiger partial charge is 0.0438 e. The lowest BCUT2D eigenvalue weighted by atomic mass is 10.1. The maximum Gasteiger partial charge on any atom is 0.0438 e. The zero-order valence-electron chi connectivity index (χ0n) is 10.8. The molecular weight excluding hydrogens is 258 g/mol. The zero-order valence-corrected chi connectivity index (χ0v) is 11.6. The maximum atomic E-state index is 8.70. The first-order chi connectivity index (χ1) is 9.33. The molecule has 2 rings (SSSR count). The van der Waals surface area contributed by atoms with Gasteiger partial charge in [0.2, 0.25) is 0 Å².